The molecular formula is C89H163N2O26P. The minimum atomic E-state index is -5.91. The maximum atomic E-state index is 15.2. The number of hydrogen-bond donors (Lipinski definition) is 10. The number of rotatable bonds is 78. The maximum absolute atomic E-state index is 15.2. The molecule has 0 aromatic carbocycles. The minimum absolute atomic E-state index is 0.0282. The predicted octanol–water partition coefficient (Wildman–Crippen LogP) is 16.9. The first kappa shape index (κ1) is 110. The molecule has 2 amide bonds. The Morgan fingerprint density at radius 2 is 0.814 bits per heavy atom. The Hall–Kier alpha value is -4.45. The molecule has 2 fully saturated rings. The number of esters is 4. The van der Waals surface area contributed by atoms with Gasteiger partial charge in [0.15, 0.2) is 18.4 Å². The molecule has 0 aromatic rings. The molecule has 0 radical (unpaired) electrons. The second-order valence-corrected chi connectivity index (χ2v) is 34.5. The molecule has 2 rings (SSSR count). The van der Waals surface area contributed by atoms with Crippen molar-refractivity contribution in [1.82, 2.24) is 10.6 Å². The van der Waals surface area contributed by atoms with Gasteiger partial charge in [-0.3, -0.25) is 33.3 Å². The van der Waals surface area contributed by atoms with E-state index in [1.165, 1.54) is 0 Å². The van der Waals surface area contributed by atoms with E-state index in [-0.39, 0.29) is 38.5 Å². The molecular weight excluding hydrogens is 1540 g/mol. The number of carboxylic acid groups (broad SMARTS) is 2. The van der Waals surface area contributed by atoms with E-state index in [2.05, 4.69) is 52.2 Å². The van der Waals surface area contributed by atoms with Crippen molar-refractivity contribution in [2.45, 2.75) is 499 Å². The lowest BCUT2D eigenvalue weighted by atomic mass is 9.92. The number of carbonyl (C=O) groups excluding carboxylic acids is 6. The zero-order valence-corrected chi connectivity index (χ0v) is 74.4. The first-order valence-electron chi connectivity index (χ1n) is 46.6. The molecule has 0 bridgehead atoms. The number of aliphatic hydroxyl groups is 4. The van der Waals surface area contributed by atoms with Gasteiger partial charge >= 0.3 is 43.6 Å². The van der Waals surface area contributed by atoms with E-state index >= 15 is 9.59 Å². The highest BCUT2D eigenvalue weighted by molar-refractivity contribution is 7.46. The molecule has 0 aromatic heterocycles. The number of ether oxygens (including phenoxy) is 8. The summed E-state index contributed by atoms with van der Waals surface area (Å²) >= 11 is 0. The number of unbranched alkanes of at least 4 members (excludes halogenated alkanes) is 42. The number of carboxylic acids is 2. The van der Waals surface area contributed by atoms with Crippen molar-refractivity contribution in [1.29, 1.82) is 0 Å². The Morgan fingerprint density at radius 1 is 0.466 bits per heavy atom. The van der Waals surface area contributed by atoms with Crippen molar-refractivity contribution in [3.8, 4) is 0 Å². The summed E-state index contributed by atoms with van der Waals surface area (Å²) in [7, 11) is -5.91. The summed E-state index contributed by atoms with van der Waals surface area (Å²) in [6.45, 7) is 9.39. The lowest BCUT2D eigenvalue weighted by Crippen LogP contribution is -2.68. The lowest BCUT2D eigenvalue weighted by molar-refractivity contribution is -0.339. The molecule has 28 nitrogen and oxygen atoms in total. The molecule has 0 unspecified atom stereocenters. The number of carbonyl (C=O) groups is 8. The van der Waals surface area contributed by atoms with Crippen LogP contribution in [0.1, 0.15) is 414 Å². The first-order valence-corrected chi connectivity index (χ1v) is 48.1. The van der Waals surface area contributed by atoms with Crippen molar-refractivity contribution in [3.05, 3.63) is 0 Å². The highest BCUT2D eigenvalue weighted by Crippen LogP contribution is 2.44. The second kappa shape index (κ2) is 68.9. The largest absolute Gasteiger partial charge is 0.480 e. The molecule has 2 aliphatic rings. The number of nitrogens with one attached hydrogen (secondary N) is 2. The fourth-order valence-electron chi connectivity index (χ4n) is 15.4. The fourth-order valence-corrected chi connectivity index (χ4v) is 15.9. The molecule has 10 N–H and O–H groups in total. The van der Waals surface area contributed by atoms with Crippen LogP contribution in [0.25, 0.3) is 0 Å². The molecule has 2 heterocycles. The Morgan fingerprint density at radius 3 is 1.16 bits per heavy atom. The molecule has 690 valence electrons. The Balaban J connectivity index is 2.98. The van der Waals surface area contributed by atoms with Gasteiger partial charge in [0.25, 0.3) is 5.79 Å². The summed E-state index contributed by atoms with van der Waals surface area (Å²) in [6.07, 6.45) is 23.2. The zero-order valence-electron chi connectivity index (χ0n) is 73.5. The second-order valence-electron chi connectivity index (χ2n) is 33.3. The van der Waals surface area contributed by atoms with Crippen LogP contribution in [-0.4, -0.2) is 193 Å². The summed E-state index contributed by atoms with van der Waals surface area (Å²) < 4.78 is 67.9. The van der Waals surface area contributed by atoms with Gasteiger partial charge in [-0.1, -0.05) is 311 Å². The van der Waals surface area contributed by atoms with Gasteiger partial charge in [0, 0.05) is 25.7 Å². The summed E-state index contributed by atoms with van der Waals surface area (Å²) in [5.41, 5.74) is 0. The highest BCUT2D eigenvalue weighted by atomic mass is 31.2. The molecule has 118 heavy (non-hydrogen) atoms. The lowest BCUT2D eigenvalue weighted by Gasteiger charge is -2.47. The average Bonchev–Trinajstić information content (AvgIpc) is 0.770. The standard InChI is InChI=1S/C89H163N2O26P/c1-7-13-19-25-31-34-40-43-49-55-68(111-77(97)58-52-46-37-28-22-16-10-4)61-75(95)90-71(86(102)103)66-109-87-81(91-76(96)62-69(56-50-44-41-35-32-26-20-14-8-2)112-78(98)59-53-47-38-29-23-17-11-5)85(84(117-118(106,107)108)74(114-87)67-110-89(88(104)105)64-72(93)82(101)83(116-89)73(94)65-92)115-80(100)63-70(57-51-45-42-36-33-27-21-15-9-3)113-79(99)60-54-48-39-30-24-18-12-6/h68-74,81-85,87,92-94,101H,7-67H2,1-6H3,(H,90,95)(H,91,96)(H,102,103)(H,104,105)(H2,106,107,108)/t68-,69-,70-,71+,72-,73-,74-,81-,82-,83-,84-,85-,87-,89-/m1/s1. The van der Waals surface area contributed by atoms with Gasteiger partial charge in [0.1, 0.15) is 54.9 Å². The van der Waals surface area contributed by atoms with Crippen molar-refractivity contribution in [3.63, 3.8) is 0 Å². The van der Waals surface area contributed by atoms with E-state index in [0.717, 1.165) is 263 Å². The van der Waals surface area contributed by atoms with E-state index in [9.17, 15) is 73.8 Å². The summed E-state index contributed by atoms with van der Waals surface area (Å²) in [4.78, 5) is 135. The summed E-state index contributed by atoms with van der Waals surface area (Å²) in [6, 6.07) is -4.04. The highest BCUT2D eigenvalue weighted by Gasteiger charge is 2.58. The number of aliphatic carboxylic acids is 2. The van der Waals surface area contributed by atoms with E-state index in [4.69, 9.17) is 42.4 Å². The number of phosphoric acid groups is 1. The third-order valence-corrected chi connectivity index (χ3v) is 22.9. The van der Waals surface area contributed by atoms with Crippen LogP contribution in [0.15, 0.2) is 0 Å². The third kappa shape index (κ3) is 52.2. The molecule has 2 aliphatic heterocycles. The van der Waals surface area contributed by atoms with Crippen LogP contribution in [0, 0.1) is 0 Å². The Kier molecular flexibility index (Phi) is 64.0. The van der Waals surface area contributed by atoms with Gasteiger partial charge in [-0.25, -0.2) is 14.2 Å². The predicted molar refractivity (Wildman–Crippen MR) is 451 cm³/mol. The van der Waals surface area contributed by atoms with Crippen LogP contribution in [0.2, 0.25) is 0 Å². The zero-order chi connectivity index (χ0) is 87.0. The van der Waals surface area contributed by atoms with Crippen LogP contribution in [-0.2, 0) is 85.3 Å². The Labute approximate surface area is 707 Å². The quantitative estimate of drug-likeness (QED) is 0.0117. The topological polar surface area (TPSA) is 423 Å². The monoisotopic (exact) mass is 1710 g/mol. The Bertz CT molecular complexity index is 2680. The van der Waals surface area contributed by atoms with Gasteiger partial charge < -0.3 is 89.0 Å². The van der Waals surface area contributed by atoms with Crippen molar-refractivity contribution in [2.75, 3.05) is 19.8 Å². The molecule has 14 atom stereocenters. The summed E-state index contributed by atoms with van der Waals surface area (Å²) in [5.74, 6) is -11.4. The van der Waals surface area contributed by atoms with E-state index in [0.29, 0.717) is 44.9 Å². The van der Waals surface area contributed by atoms with Crippen LogP contribution in [0.4, 0.5) is 0 Å². The number of hydrogen-bond acceptors (Lipinski definition) is 22. The molecule has 0 spiro atoms. The molecule has 0 saturated carbocycles. The SMILES string of the molecule is CCCCCCCCCCC[C@H](CC(=O)N[C@H]1[C@H](OC[C@H](NC(=O)C[C@@H](CCCCCCCCCCC)OC(=O)CCCCCCCCC)C(=O)O)O[C@H](CO[C@]2(C(=O)O)C[C@@H](O)[C@@H](O)[C@@H]([C@H](O)CO)O2)[C@@H](OP(=O)(O)O)[C@@H]1OC(=O)C[C@@H](CCCCCCCCCCC)OC(=O)CCCCCCCCC)OC(=O)CCCCCCCCC. The minimum Gasteiger partial charge on any atom is -0.480 e. The van der Waals surface area contributed by atoms with Gasteiger partial charge in [-0.05, 0) is 57.8 Å². The van der Waals surface area contributed by atoms with E-state index in [1.54, 1.807) is 0 Å². The van der Waals surface area contributed by atoms with E-state index in [1.807, 2.05) is 0 Å². The third-order valence-electron chi connectivity index (χ3n) is 22.4. The number of amides is 2. The van der Waals surface area contributed by atoms with Crippen molar-refractivity contribution in [2.24, 2.45) is 0 Å². The van der Waals surface area contributed by atoms with Gasteiger partial charge in [-0.2, -0.15) is 0 Å². The van der Waals surface area contributed by atoms with E-state index < -0.39 is 186 Å². The first-order chi connectivity index (χ1) is 56.8. The smallest absolute Gasteiger partial charge is 0.470 e. The molecule has 2 saturated heterocycles. The van der Waals surface area contributed by atoms with Crippen LogP contribution in [0.5, 0.6) is 0 Å². The average molecular weight is 1710 g/mol. The fraction of sp³-hybridized carbons (Fsp3) is 0.910. The molecule has 29 heteroatoms. The van der Waals surface area contributed by atoms with Crippen LogP contribution >= 0.6 is 7.82 Å². The maximum Gasteiger partial charge on any atom is 0.470 e. The van der Waals surface area contributed by atoms with Crippen LogP contribution in [0.3, 0.4) is 0 Å². The van der Waals surface area contributed by atoms with Gasteiger partial charge in [-0.15, -0.1) is 0 Å². The summed E-state index contributed by atoms with van der Waals surface area (Å²) in [5, 5.41) is 69.9. The normalized spacial score (nSPS) is 20.8. The van der Waals surface area contributed by atoms with Crippen molar-refractivity contribution < 1.29 is 126 Å². The van der Waals surface area contributed by atoms with Crippen LogP contribution < -0.4 is 10.6 Å². The molecule has 0 aliphatic carbocycles. The number of aliphatic hydroxyl groups excluding tert-OH is 4. The number of phosphoric ester groups is 1. The van der Waals surface area contributed by atoms with Gasteiger partial charge in [0.05, 0.1) is 45.2 Å². The van der Waals surface area contributed by atoms with Gasteiger partial charge in [0.2, 0.25) is 11.8 Å². The van der Waals surface area contributed by atoms with Crippen molar-refractivity contribution >= 4 is 55.5 Å².